The molecule has 0 aliphatic carbocycles. The molecule has 1 N–H and O–H groups in total. The minimum absolute atomic E-state index is 0.0839. The van der Waals surface area contributed by atoms with Crippen molar-refractivity contribution in [3.63, 3.8) is 0 Å². The number of nitrogens with zero attached hydrogens (tertiary/aromatic N) is 1. The third-order valence-corrected chi connectivity index (χ3v) is 4.08. The fourth-order valence-corrected chi connectivity index (χ4v) is 2.86. The van der Waals surface area contributed by atoms with Gasteiger partial charge in [0, 0.05) is 19.1 Å². The fraction of sp³-hybridized carbons (Fsp3) is 0.588. The van der Waals surface area contributed by atoms with Gasteiger partial charge in [0.1, 0.15) is 11.9 Å². The third-order valence-electron chi connectivity index (χ3n) is 4.08. The van der Waals surface area contributed by atoms with E-state index in [0.717, 1.165) is 37.2 Å². The van der Waals surface area contributed by atoms with Crippen molar-refractivity contribution < 1.29 is 14.3 Å². The van der Waals surface area contributed by atoms with Gasteiger partial charge in [-0.05, 0) is 44.5 Å². The topological polar surface area (TPSA) is 50.8 Å². The molecule has 1 aromatic carbocycles. The first-order chi connectivity index (χ1) is 10.7. The number of hydrogen-bond donors (Lipinski definition) is 1. The van der Waals surface area contributed by atoms with Gasteiger partial charge < -0.3 is 19.7 Å². The SMILES string of the molecule is CNCC1CCCN1C(=O)C(C)OCc1cccc(OC)c1. The van der Waals surface area contributed by atoms with Crippen LogP contribution in [0.1, 0.15) is 25.3 Å². The van der Waals surface area contributed by atoms with Crippen LogP contribution in [0.25, 0.3) is 0 Å². The van der Waals surface area contributed by atoms with Crippen LogP contribution in [-0.4, -0.2) is 50.2 Å². The molecule has 2 unspecified atom stereocenters. The van der Waals surface area contributed by atoms with Crippen molar-refractivity contribution in [1.82, 2.24) is 10.2 Å². The summed E-state index contributed by atoms with van der Waals surface area (Å²) < 4.78 is 11.0. The summed E-state index contributed by atoms with van der Waals surface area (Å²) in [4.78, 5) is 14.5. The van der Waals surface area contributed by atoms with Gasteiger partial charge in [0.15, 0.2) is 0 Å². The van der Waals surface area contributed by atoms with Crippen molar-refractivity contribution in [3.05, 3.63) is 29.8 Å². The molecule has 1 aliphatic heterocycles. The molecule has 1 aromatic rings. The van der Waals surface area contributed by atoms with Gasteiger partial charge in [-0.1, -0.05) is 12.1 Å². The van der Waals surface area contributed by atoms with Crippen molar-refractivity contribution >= 4 is 5.91 Å². The maximum atomic E-state index is 12.5. The van der Waals surface area contributed by atoms with E-state index in [2.05, 4.69) is 5.32 Å². The number of benzene rings is 1. The summed E-state index contributed by atoms with van der Waals surface area (Å²) in [7, 11) is 3.56. The number of rotatable bonds is 7. The van der Waals surface area contributed by atoms with Gasteiger partial charge in [-0.3, -0.25) is 4.79 Å². The predicted molar refractivity (Wildman–Crippen MR) is 85.9 cm³/mol. The molecule has 2 atom stereocenters. The summed E-state index contributed by atoms with van der Waals surface area (Å²) in [6, 6.07) is 8.01. The smallest absolute Gasteiger partial charge is 0.251 e. The Labute approximate surface area is 132 Å². The maximum absolute atomic E-state index is 12.5. The first-order valence-corrected chi connectivity index (χ1v) is 7.85. The second kappa shape index (κ2) is 8.15. The first kappa shape index (κ1) is 16.8. The summed E-state index contributed by atoms with van der Waals surface area (Å²) in [5.41, 5.74) is 1.01. The lowest BCUT2D eigenvalue weighted by Crippen LogP contribution is -2.45. The summed E-state index contributed by atoms with van der Waals surface area (Å²) >= 11 is 0. The number of carbonyl (C=O) groups excluding carboxylic acids is 1. The Morgan fingerprint density at radius 1 is 1.50 bits per heavy atom. The molecule has 2 rings (SSSR count). The molecule has 0 saturated carbocycles. The lowest BCUT2D eigenvalue weighted by atomic mass is 10.2. The second-order valence-corrected chi connectivity index (χ2v) is 5.69. The van der Waals surface area contributed by atoms with Crippen LogP contribution in [0.5, 0.6) is 5.75 Å². The van der Waals surface area contributed by atoms with Gasteiger partial charge in [0.25, 0.3) is 5.91 Å². The van der Waals surface area contributed by atoms with E-state index in [-0.39, 0.29) is 5.91 Å². The molecule has 1 aliphatic rings. The van der Waals surface area contributed by atoms with E-state index < -0.39 is 6.10 Å². The van der Waals surface area contributed by atoms with E-state index in [0.29, 0.717) is 12.6 Å². The summed E-state index contributed by atoms with van der Waals surface area (Å²) in [6.45, 7) is 3.91. The molecule has 22 heavy (non-hydrogen) atoms. The predicted octanol–water partition coefficient (Wildman–Crippen LogP) is 1.81. The van der Waals surface area contributed by atoms with Crippen molar-refractivity contribution in [2.45, 2.75) is 38.5 Å². The highest BCUT2D eigenvalue weighted by Gasteiger charge is 2.31. The number of nitrogens with one attached hydrogen (secondary N) is 1. The highest BCUT2D eigenvalue weighted by atomic mass is 16.5. The number of likely N-dealkylation sites (tertiary alicyclic amines) is 1. The summed E-state index contributed by atoms with van der Waals surface area (Å²) in [6.07, 6.45) is 1.71. The molecule has 1 amide bonds. The third kappa shape index (κ3) is 4.21. The Bertz CT molecular complexity index is 493. The van der Waals surface area contributed by atoms with E-state index in [1.54, 1.807) is 7.11 Å². The average molecular weight is 306 g/mol. The van der Waals surface area contributed by atoms with Crippen LogP contribution < -0.4 is 10.1 Å². The standard InChI is InChI=1S/C17H26N2O3/c1-13(17(20)19-9-5-7-15(19)11-18-2)22-12-14-6-4-8-16(10-14)21-3/h4,6,8,10,13,15,18H,5,7,9,11-12H2,1-3H3. The summed E-state index contributed by atoms with van der Waals surface area (Å²) in [5.74, 6) is 0.884. The fourth-order valence-electron chi connectivity index (χ4n) is 2.86. The second-order valence-electron chi connectivity index (χ2n) is 5.69. The van der Waals surface area contributed by atoms with Crippen molar-refractivity contribution in [2.24, 2.45) is 0 Å². The molecular weight excluding hydrogens is 280 g/mol. The van der Waals surface area contributed by atoms with Crippen LogP contribution in [-0.2, 0) is 16.1 Å². The van der Waals surface area contributed by atoms with Gasteiger partial charge in [-0.25, -0.2) is 0 Å². The van der Waals surface area contributed by atoms with Crippen LogP contribution in [0, 0.1) is 0 Å². The van der Waals surface area contributed by atoms with Crippen molar-refractivity contribution in [1.29, 1.82) is 0 Å². The van der Waals surface area contributed by atoms with Crippen LogP contribution in [0.4, 0.5) is 0 Å². The molecular formula is C17H26N2O3. The van der Waals surface area contributed by atoms with E-state index in [4.69, 9.17) is 9.47 Å². The molecule has 0 radical (unpaired) electrons. The first-order valence-electron chi connectivity index (χ1n) is 7.85. The molecule has 0 spiro atoms. The number of ether oxygens (including phenoxy) is 2. The zero-order chi connectivity index (χ0) is 15.9. The number of hydrogen-bond acceptors (Lipinski definition) is 4. The number of amides is 1. The Kier molecular flexibility index (Phi) is 6.21. The highest BCUT2D eigenvalue weighted by molar-refractivity contribution is 5.81. The summed E-state index contributed by atoms with van der Waals surface area (Å²) in [5, 5.41) is 3.16. The van der Waals surface area contributed by atoms with Crippen molar-refractivity contribution in [2.75, 3.05) is 27.2 Å². The minimum Gasteiger partial charge on any atom is -0.497 e. The largest absolute Gasteiger partial charge is 0.497 e. The van der Waals surface area contributed by atoms with Crippen molar-refractivity contribution in [3.8, 4) is 5.75 Å². The molecule has 0 aromatic heterocycles. The quantitative estimate of drug-likeness (QED) is 0.835. The number of carbonyl (C=O) groups is 1. The van der Waals surface area contributed by atoms with Crippen LogP contribution in [0.15, 0.2) is 24.3 Å². The van der Waals surface area contributed by atoms with Gasteiger partial charge in [0.05, 0.1) is 13.7 Å². The normalized spacial score (nSPS) is 19.2. The molecule has 1 saturated heterocycles. The Hall–Kier alpha value is -1.59. The zero-order valence-electron chi connectivity index (χ0n) is 13.7. The van der Waals surface area contributed by atoms with E-state index in [1.807, 2.05) is 43.1 Å². The van der Waals surface area contributed by atoms with Crippen LogP contribution in [0.2, 0.25) is 0 Å². The highest BCUT2D eigenvalue weighted by Crippen LogP contribution is 2.19. The molecule has 1 heterocycles. The Morgan fingerprint density at radius 2 is 2.32 bits per heavy atom. The molecule has 5 nitrogen and oxygen atoms in total. The molecule has 0 bridgehead atoms. The van der Waals surface area contributed by atoms with Crippen LogP contribution >= 0.6 is 0 Å². The van der Waals surface area contributed by atoms with E-state index in [9.17, 15) is 4.79 Å². The van der Waals surface area contributed by atoms with Gasteiger partial charge in [-0.15, -0.1) is 0 Å². The van der Waals surface area contributed by atoms with Gasteiger partial charge >= 0.3 is 0 Å². The Balaban J connectivity index is 1.88. The number of likely N-dealkylation sites (N-methyl/N-ethyl adjacent to an activating group) is 1. The molecule has 5 heteroatoms. The molecule has 1 fully saturated rings. The Morgan fingerprint density at radius 3 is 3.05 bits per heavy atom. The number of methoxy groups -OCH3 is 1. The van der Waals surface area contributed by atoms with Crippen LogP contribution in [0.3, 0.4) is 0 Å². The minimum atomic E-state index is -0.427. The maximum Gasteiger partial charge on any atom is 0.251 e. The monoisotopic (exact) mass is 306 g/mol. The molecule has 122 valence electrons. The average Bonchev–Trinajstić information content (AvgIpc) is 3.00. The van der Waals surface area contributed by atoms with E-state index in [1.165, 1.54) is 0 Å². The zero-order valence-corrected chi connectivity index (χ0v) is 13.7. The lowest BCUT2D eigenvalue weighted by molar-refractivity contribution is -0.144. The van der Waals surface area contributed by atoms with Gasteiger partial charge in [-0.2, -0.15) is 0 Å². The lowest BCUT2D eigenvalue weighted by Gasteiger charge is -2.27. The van der Waals surface area contributed by atoms with E-state index >= 15 is 0 Å². The van der Waals surface area contributed by atoms with Gasteiger partial charge in [0.2, 0.25) is 0 Å².